The molecule has 0 aliphatic heterocycles. The van der Waals surface area contributed by atoms with E-state index in [1.807, 2.05) is 0 Å². The van der Waals surface area contributed by atoms with Gasteiger partial charge in [-0.3, -0.25) is 4.79 Å². The quantitative estimate of drug-likeness (QED) is 0.815. The van der Waals surface area contributed by atoms with Crippen molar-refractivity contribution in [2.75, 3.05) is 0 Å². The van der Waals surface area contributed by atoms with Crippen molar-refractivity contribution in [2.24, 2.45) is 23.7 Å². The molecule has 4 unspecified atom stereocenters. The highest BCUT2D eigenvalue weighted by Gasteiger charge is 2.42. The smallest absolute Gasteiger partial charge is 0.223 e. The minimum absolute atomic E-state index is 0.319. The summed E-state index contributed by atoms with van der Waals surface area (Å²) in [5, 5.41) is 3.34. The molecule has 2 nitrogen and oxygen atoms in total. The molecule has 3 fully saturated rings. The lowest BCUT2D eigenvalue weighted by Crippen LogP contribution is -2.43. The van der Waals surface area contributed by atoms with Gasteiger partial charge in [0.2, 0.25) is 5.91 Å². The Labute approximate surface area is 111 Å². The van der Waals surface area contributed by atoms with Crippen molar-refractivity contribution in [3.05, 3.63) is 0 Å². The molecule has 2 heteroatoms. The first-order valence-electron chi connectivity index (χ1n) is 8.04. The summed E-state index contributed by atoms with van der Waals surface area (Å²) in [4.78, 5) is 12.3. The third kappa shape index (κ3) is 2.44. The van der Waals surface area contributed by atoms with E-state index in [0.717, 1.165) is 30.6 Å². The van der Waals surface area contributed by atoms with E-state index in [1.54, 1.807) is 0 Å². The first-order valence-corrected chi connectivity index (χ1v) is 8.04. The molecule has 0 radical (unpaired) electrons. The number of rotatable bonds is 3. The van der Waals surface area contributed by atoms with Crippen LogP contribution in [0.4, 0.5) is 0 Å². The lowest BCUT2D eigenvalue weighted by atomic mass is 9.83. The molecular formula is C16H27NO. The van der Waals surface area contributed by atoms with Crippen molar-refractivity contribution >= 4 is 5.91 Å². The van der Waals surface area contributed by atoms with Crippen molar-refractivity contribution in [1.29, 1.82) is 0 Å². The summed E-state index contributed by atoms with van der Waals surface area (Å²) < 4.78 is 0. The summed E-state index contributed by atoms with van der Waals surface area (Å²) in [5.74, 6) is 3.34. The number of amides is 1. The van der Waals surface area contributed by atoms with E-state index < -0.39 is 0 Å². The first kappa shape index (κ1) is 12.5. The van der Waals surface area contributed by atoms with Crippen molar-refractivity contribution in [2.45, 2.75) is 70.8 Å². The zero-order valence-electron chi connectivity index (χ0n) is 11.7. The van der Waals surface area contributed by atoms with Crippen molar-refractivity contribution in [1.82, 2.24) is 5.32 Å². The molecular weight excluding hydrogens is 222 g/mol. The summed E-state index contributed by atoms with van der Waals surface area (Å²) in [6.45, 7) is 2.24. The second kappa shape index (κ2) is 5.22. The molecule has 2 bridgehead atoms. The van der Waals surface area contributed by atoms with Gasteiger partial charge in [-0.05, 0) is 56.8 Å². The van der Waals surface area contributed by atoms with Crippen LogP contribution in [0.2, 0.25) is 0 Å². The number of fused-ring (bicyclic) bond motifs is 2. The van der Waals surface area contributed by atoms with Crippen LogP contribution in [0.1, 0.15) is 64.7 Å². The summed E-state index contributed by atoms with van der Waals surface area (Å²) in [7, 11) is 0. The maximum Gasteiger partial charge on any atom is 0.223 e. The third-order valence-electron chi connectivity index (χ3n) is 5.78. The molecule has 0 aromatic carbocycles. The van der Waals surface area contributed by atoms with Crippen LogP contribution in [-0.2, 0) is 4.79 Å². The van der Waals surface area contributed by atoms with Gasteiger partial charge in [-0.1, -0.05) is 25.7 Å². The van der Waals surface area contributed by atoms with Crippen LogP contribution in [-0.4, -0.2) is 11.9 Å². The summed E-state index contributed by atoms with van der Waals surface area (Å²) >= 11 is 0. The Bertz CT molecular complexity index is 308. The predicted octanol–water partition coefficient (Wildman–Crippen LogP) is 3.51. The lowest BCUT2D eigenvalue weighted by molar-refractivity contribution is -0.127. The molecule has 3 saturated carbocycles. The Hall–Kier alpha value is -0.530. The van der Waals surface area contributed by atoms with E-state index in [4.69, 9.17) is 0 Å². The minimum Gasteiger partial charge on any atom is -0.353 e. The zero-order chi connectivity index (χ0) is 12.5. The number of hydrogen-bond donors (Lipinski definition) is 1. The first-order chi connectivity index (χ1) is 8.74. The van der Waals surface area contributed by atoms with Gasteiger partial charge < -0.3 is 5.32 Å². The number of hydrogen-bond acceptors (Lipinski definition) is 1. The highest BCUT2D eigenvalue weighted by molar-refractivity contribution is 5.79. The topological polar surface area (TPSA) is 29.1 Å². The second-order valence-corrected chi connectivity index (χ2v) is 6.97. The van der Waals surface area contributed by atoms with Crippen molar-refractivity contribution < 1.29 is 4.79 Å². The molecule has 3 aliphatic rings. The number of carbonyl (C=O) groups excluding carboxylic acids is 1. The SMILES string of the molecule is CC(NC(=O)C1CCCCC1)C1CC2CCC1C2. The molecule has 4 atom stereocenters. The molecule has 1 amide bonds. The van der Waals surface area contributed by atoms with Gasteiger partial charge in [0.1, 0.15) is 0 Å². The van der Waals surface area contributed by atoms with Crippen LogP contribution < -0.4 is 5.32 Å². The van der Waals surface area contributed by atoms with Gasteiger partial charge in [0.05, 0.1) is 0 Å². The van der Waals surface area contributed by atoms with Crippen LogP contribution in [0.15, 0.2) is 0 Å². The Balaban J connectivity index is 1.51. The fourth-order valence-corrected chi connectivity index (χ4v) is 4.72. The Kier molecular flexibility index (Phi) is 3.63. The van der Waals surface area contributed by atoms with E-state index in [1.165, 1.54) is 44.9 Å². The largest absolute Gasteiger partial charge is 0.353 e. The third-order valence-corrected chi connectivity index (χ3v) is 5.78. The minimum atomic E-state index is 0.319. The zero-order valence-corrected chi connectivity index (χ0v) is 11.7. The van der Waals surface area contributed by atoms with Gasteiger partial charge in [-0.25, -0.2) is 0 Å². The molecule has 0 spiro atoms. The summed E-state index contributed by atoms with van der Waals surface area (Å²) in [6, 6.07) is 0.412. The molecule has 0 saturated heterocycles. The summed E-state index contributed by atoms with van der Waals surface area (Å²) in [6.07, 6.45) is 11.7. The van der Waals surface area contributed by atoms with Gasteiger partial charge in [0.15, 0.2) is 0 Å². The van der Waals surface area contributed by atoms with Gasteiger partial charge in [0, 0.05) is 12.0 Å². The van der Waals surface area contributed by atoms with Gasteiger partial charge in [-0.15, -0.1) is 0 Å². The molecule has 0 heterocycles. The molecule has 18 heavy (non-hydrogen) atoms. The van der Waals surface area contributed by atoms with Crippen LogP contribution in [0.5, 0.6) is 0 Å². The maximum atomic E-state index is 12.3. The molecule has 3 rings (SSSR count). The normalized spacial score (nSPS) is 37.7. The van der Waals surface area contributed by atoms with E-state index in [9.17, 15) is 4.79 Å². The molecule has 0 aromatic heterocycles. The lowest BCUT2D eigenvalue weighted by Gasteiger charge is -2.30. The molecule has 0 aromatic rings. The standard InChI is InChI=1S/C16H27NO/c1-11(15-10-12-7-8-14(15)9-12)17-16(18)13-5-3-2-4-6-13/h11-15H,2-10H2,1H3,(H,17,18). The van der Waals surface area contributed by atoms with Crippen LogP contribution in [0.25, 0.3) is 0 Å². The van der Waals surface area contributed by atoms with Gasteiger partial charge >= 0.3 is 0 Å². The average Bonchev–Trinajstić information content (AvgIpc) is 3.02. The summed E-state index contributed by atoms with van der Waals surface area (Å²) in [5.41, 5.74) is 0. The van der Waals surface area contributed by atoms with E-state index in [2.05, 4.69) is 12.2 Å². The van der Waals surface area contributed by atoms with Crippen LogP contribution in [0.3, 0.4) is 0 Å². The van der Waals surface area contributed by atoms with E-state index in [-0.39, 0.29) is 0 Å². The monoisotopic (exact) mass is 249 g/mol. The Morgan fingerprint density at radius 2 is 1.83 bits per heavy atom. The number of nitrogens with one attached hydrogen (secondary N) is 1. The van der Waals surface area contributed by atoms with E-state index >= 15 is 0 Å². The molecule has 1 N–H and O–H groups in total. The Morgan fingerprint density at radius 3 is 2.44 bits per heavy atom. The van der Waals surface area contributed by atoms with Gasteiger partial charge in [-0.2, -0.15) is 0 Å². The fourth-order valence-electron chi connectivity index (χ4n) is 4.72. The highest BCUT2D eigenvalue weighted by atomic mass is 16.1. The second-order valence-electron chi connectivity index (χ2n) is 6.97. The van der Waals surface area contributed by atoms with Gasteiger partial charge in [0.25, 0.3) is 0 Å². The van der Waals surface area contributed by atoms with Crippen molar-refractivity contribution in [3.8, 4) is 0 Å². The van der Waals surface area contributed by atoms with E-state index in [0.29, 0.717) is 17.9 Å². The van der Waals surface area contributed by atoms with Crippen LogP contribution >= 0.6 is 0 Å². The molecule has 102 valence electrons. The number of carbonyl (C=O) groups is 1. The van der Waals surface area contributed by atoms with Crippen LogP contribution in [0, 0.1) is 23.7 Å². The molecule has 3 aliphatic carbocycles. The average molecular weight is 249 g/mol. The maximum absolute atomic E-state index is 12.3. The Morgan fingerprint density at radius 1 is 1.06 bits per heavy atom. The predicted molar refractivity (Wildman–Crippen MR) is 73.1 cm³/mol. The fraction of sp³-hybridized carbons (Fsp3) is 0.938. The highest BCUT2D eigenvalue weighted by Crippen LogP contribution is 2.49. The van der Waals surface area contributed by atoms with Crippen molar-refractivity contribution in [3.63, 3.8) is 0 Å².